The van der Waals surface area contributed by atoms with Gasteiger partial charge in [0.2, 0.25) is 0 Å². The van der Waals surface area contributed by atoms with Crippen LogP contribution in [0.15, 0.2) is 12.3 Å². The van der Waals surface area contributed by atoms with Crippen molar-refractivity contribution in [1.82, 2.24) is 0 Å². The van der Waals surface area contributed by atoms with Crippen molar-refractivity contribution in [3.8, 4) is 0 Å². The molecule has 0 unspecified atom stereocenters. The summed E-state index contributed by atoms with van der Waals surface area (Å²) in [5.74, 6) is 0.625. The van der Waals surface area contributed by atoms with Gasteiger partial charge < -0.3 is 4.74 Å². The van der Waals surface area contributed by atoms with Crippen molar-refractivity contribution < 1.29 is 9.53 Å². The Morgan fingerprint density at radius 2 is 1.40 bits per heavy atom. The molecule has 0 radical (unpaired) electrons. The second-order valence-electron chi connectivity index (χ2n) is 6.13. The lowest BCUT2D eigenvalue weighted by atomic mass is 10.0. The van der Waals surface area contributed by atoms with Crippen LogP contribution in [0.4, 0.5) is 0 Å². The minimum Gasteiger partial charge on any atom is -0.435 e. The first kappa shape index (κ1) is 19.2. The van der Waals surface area contributed by atoms with Gasteiger partial charge >= 0.3 is 5.97 Å². The van der Waals surface area contributed by atoms with E-state index in [2.05, 4.69) is 13.8 Å². The Morgan fingerprint density at radius 1 is 0.900 bits per heavy atom. The Kier molecular flexibility index (Phi) is 14.0. The van der Waals surface area contributed by atoms with Gasteiger partial charge in [-0.1, -0.05) is 71.6 Å². The van der Waals surface area contributed by atoms with Crippen LogP contribution in [0.5, 0.6) is 0 Å². The molecule has 0 bridgehead atoms. The van der Waals surface area contributed by atoms with Crippen molar-refractivity contribution in [2.24, 2.45) is 5.92 Å². The van der Waals surface area contributed by atoms with Crippen LogP contribution in [0.3, 0.4) is 0 Å². The Labute approximate surface area is 126 Å². The zero-order chi connectivity index (χ0) is 15.1. The molecule has 0 aromatic rings. The van der Waals surface area contributed by atoms with E-state index in [1.807, 2.05) is 6.08 Å². The summed E-state index contributed by atoms with van der Waals surface area (Å²) in [4.78, 5) is 10.5. The summed E-state index contributed by atoms with van der Waals surface area (Å²) in [7, 11) is 0. The number of esters is 1. The fraction of sp³-hybridized carbons (Fsp3) is 0.833. The van der Waals surface area contributed by atoms with Gasteiger partial charge in [-0.3, -0.25) is 4.79 Å². The minimum atomic E-state index is -0.241. The number of hydrogen-bond acceptors (Lipinski definition) is 2. The quantitative estimate of drug-likeness (QED) is 0.235. The van der Waals surface area contributed by atoms with Gasteiger partial charge in [0.25, 0.3) is 0 Å². The highest BCUT2D eigenvalue weighted by molar-refractivity contribution is 5.66. The largest absolute Gasteiger partial charge is 0.435 e. The molecule has 0 spiro atoms. The molecule has 0 aliphatic rings. The lowest BCUT2D eigenvalue weighted by Crippen LogP contribution is -1.89. The monoisotopic (exact) mass is 282 g/mol. The molecule has 0 aliphatic heterocycles. The van der Waals surface area contributed by atoms with Crippen molar-refractivity contribution in [2.45, 2.75) is 91.4 Å². The second-order valence-corrected chi connectivity index (χ2v) is 6.13. The van der Waals surface area contributed by atoms with E-state index in [0.717, 1.165) is 12.3 Å². The molecule has 0 aliphatic carbocycles. The Morgan fingerprint density at radius 3 is 1.90 bits per heavy atom. The molecule has 0 heterocycles. The van der Waals surface area contributed by atoms with Crippen molar-refractivity contribution in [2.75, 3.05) is 0 Å². The maximum Gasteiger partial charge on any atom is 0.307 e. The number of unbranched alkanes of at least 4 members (excludes halogenated alkanes) is 9. The van der Waals surface area contributed by atoms with Gasteiger partial charge in [-0.25, -0.2) is 0 Å². The van der Waals surface area contributed by atoms with Crippen LogP contribution in [0, 0.1) is 5.92 Å². The standard InChI is InChI=1S/C18H34O2/c1-17(2)15-13-11-9-7-5-4-6-8-10-12-14-16-20-18(3)19/h14,16-17H,4-13,15H2,1-3H3. The van der Waals surface area contributed by atoms with Crippen LogP contribution in [0.2, 0.25) is 0 Å². The topological polar surface area (TPSA) is 26.3 Å². The summed E-state index contributed by atoms with van der Waals surface area (Å²) in [6.07, 6.45) is 18.1. The van der Waals surface area contributed by atoms with E-state index in [0.29, 0.717) is 0 Å². The molecule has 20 heavy (non-hydrogen) atoms. The predicted molar refractivity (Wildman–Crippen MR) is 86.5 cm³/mol. The summed E-state index contributed by atoms with van der Waals surface area (Å²) in [6.45, 7) is 6.04. The van der Waals surface area contributed by atoms with Crippen molar-refractivity contribution in [1.29, 1.82) is 0 Å². The first-order chi connectivity index (χ1) is 9.63. The van der Waals surface area contributed by atoms with Crippen LogP contribution in [-0.4, -0.2) is 5.97 Å². The van der Waals surface area contributed by atoms with Gasteiger partial charge in [0.1, 0.15) is 0 Å². The summed E-state index contributed by atoms with van der Waals surface area (Å²) in [5, 5.41) is 0. The molecule has 2 heteroatoms. The van der Waals surface area contributed by atoms with Gasteiger partial charge in [0.15, 0.2) is 0 Å². The maximum absolute atomic E-state index is 10.5. The predicted octanol–water partition coefficient (Wildman–Crippen LogP) is 6.01. The van der Waals surface area contributed by atoms with Crippen LogP contribution in [-0.2, 0) is 9.53 Å². The Hall–Kier alpha value is -0.790. The highest BCUT2D eigenvalue weighted by Gasteiger charge is 1.95. The molecule has 118 valence electrons. The third-order valence-corrected chi connectivity index (χ3v) is 3.48. The molecule has 0 saturated heterocycles. The summed E-state index contributed by atoms with van der Waals surface area (Å²) < 4.78 is 4.73. The Balaban J connectivity index is 3.06. The van der Waals surface area contributed by atoms with E-state index in [-0.39, 0.29) is 5.97 Å². The molecule has 0 fully saturated rings. The zero-order valence-electron chi connectivity index (χ0n) is 13.8. The van der Waals surface area contributed by atoms with E-state index < -0.39 is 0 Å². The zero-order valence-corrected chi connectivity index (χ0v) is 13.8. The number of rotatable bonds is 13. The summed E-state index contributed by atoms with van der Waals surface area (Å²) in [6, 6.07) is 0. The SMILES string of the molecule is CC(=O)OC=CCCCCCCCCCCCC(C)C. The van der Waals surface area contributed by atoms with E-state index in [9.17, 15) is 4.79 Å². The van der Waals surface area contributed by atoms with E-state index in [4.69, 9.17) is 4.74 Å². The number of allylic oxidation sites excluding steroid dienone is 1. The smallest absolute Gasteiger partial charge is 0.307 e. The van der Waals surface area contributed by atoms with Crippen molar-refractivity contribution >= 4 is 5.97 Å². The highest BCUT2D eigenvalue weighted by atomic mass is 16.5. The first-order valence-electron chi connectivity index (χ1n) is 8.45. The van der Waals surface area contributed by atoms with Crippen molar-refractivity contribution in [3.63, 3.8) is 0 Å². The van der Waals surface area contributed by atoms with Gasteiger partial charge in [-0.2, -0.15) is 0 Å². The minimum absolute atomic E-state index is 0.241. The fourth-order valence-corrected chi connectivity index (χ4v) is 2.26. The molecule has 2 nitrogen and oxygen atoms in total. The average Bonchev–Trinajstić information content (AvgIpc) is 2.38. The number of carbonyl (C=O) groups excluding carboxylic acids is 1. The molecule has 0 atom stereocenters. The molecule has 0 aromatic heterocycles. The van der Waals surface area contributed by atoms with Gasteiger partial charge in [-0.15, -0.1) is 0 Å². The number of carbonyl (C=O) groups is 1. The summed E-state index contributed by atoms with van der Waals surface area (Å²) >= 11 is 0. The van der Waals surface area contributed by atoms with Gasteiger partial charge in [0, 0.05) is 6.92 Å². The third kappa shape index (κ3) is 17.2. The lowest BCUT2D eigenvalue weighted by Gasteiger charge is -2.04. The Bertz CT molecular complexity index is 244. The number of hydrogen-bond donors (Lipinski definition) is 0. The van der Waals surface area contributed by atoms with Crippen LogP contribution >= 0.6 is 0 Å². The highest BCUT2D eigenvalue weighted by Crippen LogP contribution is 2.13. The van der Waals surface area contributed by atoms with Crippen LogP contribution in [0.1, 0.15) is 91.4 Å². The van der Waals surface area contributed by atoms with E-state index >= 15 is 0 Å². The fourth-order valence-electron chi connectivity index (χ4n) is 2.26. The van der Waals surface area contributed by atoms with Gasteiger partial charge in [0.05, 0.1) is 6.26 Å². The average molecular weight is 282 g/mol. The van der Waals surface area contributed by atoms with E-state index in [1.54, 1.807) is 0 Å². The molecular weight excluding hydrogens is 248 g/mol. The molecule has 0 saturated carbocycles. The normalized spacial score (nSPS) is 11.4. The van der Waals surface area contributed by atoms with E-state index in [1.165, 1.54) is 77.4 Å². The molecule has 0 rings (SSSR count). The molecule has 0 amide bonds. The van der Waals surface area contributed by atoms with Crippen LogP contribution in [0.25, 0.3) is 0 Å². The van der Waals surface area contributed by atoms with Gasteiger partial charge in [-0.05, 0) is 24.8 Å². The lowest BCUT2D eigenvalue weighted by molar-refractivity contribution is -0.135. The third-order valence-electron chi connectivity index (χ3n) is 3.48. The maximum atomic E-state index is 10.5. The number of ether oxygens (including phenoxy) is 1. The summed E-state index contributed by atoms with van der Waals surface area (Å²) in [5.41, 5.74) is 0. The molecule has 0 N–H and O–H groups in total. The first-order valence-corrected chi connectivity index (χ1v) is 8.45. The second kappa shape index (κ2) is 14.6. The molecule has 0 aromatic carbocycles. The van der Waals surface area contributed by atoms with Crippen LogP contribution < -0.4 is 0 Å². The van der Waals surface area contributed by atoms with Crippen molar-refractivity contribution in [3.05, 3.63) is 12.3 Å². The molecular formula is C18H34O2.